The van der Waals surface area contributed by atoms with Gasteiger partial charge in [0.25, 0.3) is 0 Å². The highest BCUT2D eigenvalue weighted by Gasteiger charge is 2.15. The van der Waals surface area contributed by atoms with Crippen molar-refractivity contribution in [3.8, 4) is 22.5 Å². The Kier molecular flexibility index (Phi) is 4.72. The summed E-state index contributed by atoms with van der Waals surface area (Å²) in [7, 11) is 3.25. The highest BCUT2D eigenvalue weighted by Crippen LogP contribution is 2.31. The van der Waals surface area contributed by atoms with Gasteiger partial charge in [0, 0.05) is 23.9 Å². The van der Waals surface area contributed by atoms with Gasteiger partial charge in [-0.2, -0.15) is 0 Å². The van der Waals surface area contributed by atoms with E-state index in [1.807, 2.05) is 61.6 Å². The summed E-state index contributed by atoms with van der Waals surface area (Å²) < 4.78 is 4.82. The second-order valence-corrected chi connectivity index (χ2v) is 6.31. The Morgan fingerprint density at radius 3 is 2.11 bits per heavy atom. The van der Waals surface area contributed by atoms with E-state index in [2.05, 4.69) is 5.32 Å². The normalized spacial score (nSPS) is 10.6. The van der Waals surface area contributed by atoms with E-state index in [1.54, 1.807) is 18.2 Å². The number of nitrogens with one attached hydrogen (secondary N) is 1. The van der Waals surface area contributed by atoms with E-state index >= 15 is 0 Å². The number of benzene rings is 3. The van der Waals surface area contributed by atoms with Crippen molar-refractivity contribution in [3.63, 3.8) is 0 Å². The van der Waals surface area contributed by atoms with Crippen LogP contribution in [-0.4, -0.2) is 30.1 Å². The number of anilines is 1. The Balaban J connectivity index is 1.95. The van der Waals surface area contributed by atoms with Crippen LogP contribution in [0.4, 0.5) is 5.69 Å². The lowest BCUT2D eigenvalue weighted by Gasteiger charge is -2.12. The molecule has 0 saturated heterocycles. The second kappa shape index (κ2) is 7.48. The van der Waals surface area contributed by atoms with Crippen molar-refractivity contribution in [2.24, 2.45) is 0 Å². The van der Waals surface area contributed by atoms with Gasteiger partial charge in [0.05, 0.1) is 35.1 Å². The number of ether oxygens (including phenoxy) is 1. The SMILES string of the molecule is CNc1ccc(-c2nc3cc(C(=O)OC)ccc3nc2-c2ccccc2)cc1. The maximum atomic E-state index is 11.9. The number of nitrogens with zero attached hydrogens (tertiary/aromatic N) is 2. The third-order valence-corrected chi connectivity index (χ3v) is 4.58. The molecule has 0 spiro atoms. The zero-order valence-corrected chi connectivity index (χ0v) is 15.6. The molecule has 0 atom stereocenters. The molecule has 5 heteroatoms. The van der Waals surface area contributed by atoms with Crippen LogP contribution in [0.2, 0.25) is 0 Å². The lowest BCUT2D eigenvalue weighted by molar-refractivity contribution is 0.0601. The molecule has 0 radical (unpaired) electrons. The van der Waals surface area contributed by atoms with Crippen molar-refractivity contribution in [2.75, 3.05) is 19.5 Å². The molecule has 0 bridgehead atoms. The molecular weight excluding hydrogens is 350 g/mol. The molecule has 0 aliphatic heterocycles. The van der Waals surface area contributed by atoms with E-state index in [0.717, 1.165) is 33.7 Å². The quantitative estimate of drug-likeness (QED) is 0.524. The molecule has 4 aromatic rings. The zero-order chi connectivity index (χ0) is 19.5. The Morgan fingerprint density at radius 2 is 1.46 bits per heavy atom. The molecule has 0 aliphatic carbocycles. The van der Waals surface area contributed by atoms with E-state index in [1.165, 1.54) is 7.11 Å². The van der Waals surface area contributed by atoms with Gasteiger partial charge in [-0.1, -0.05) is 42.5 Å². The fourth-order valence-corrected chi connectivity index (χ4v) is 3.09. The first-order valence-corrected chi connectivity index (χ1v) is 8.93. The number of hydrogen-bond donors (Lipinski definition) is 1. The molecule has 0 amide bonds. The third-order valence-electron chi connectivity index (χ3n) is 4.58. The average molecular weight is 369 g/mol. The van der Waals surface area contributed by atoms with Gasteiger partial charge >= 0.3 is 5.97 Å². The van der Waals surface area contributed by atoms with Crippen molar-refractivity contribution in [1.82, 2.24) is 9.97 Å². The van der Waals surface area contributed by atoms with E-state index in [0.29, 0.717) is 11.1 Å². The molecule has 0 saturated carbocycles. The van der Waals surface area contributed by atoms with Crippen molar-refractivity contribution >= 4 is 22.7 Å². The van der Waals surface area contributed by atoms with Crippen molar-refractivity contribution in [2.45, 2.75) is 0 Å². The smallest absolute Gasteiger partial charge is 0.337 e. The van der Waals surface area contributed by atoms with E-state index in [9.17, 15) is 4.79 Å². The number of carbonyl (C=O) groups is 1. The van der Waals surface area contributed by atoms with Crippen LogP contribution in [0.1, 0.15) is 10.4 Å². The van der Waals surface area contributed by atoms with Crippen molar-refractivity contribution in [1.29, 1.82) is 0 Å². The van der Waals surface area contributed by atoms with Gasteiger partial charge in [-0.25, -0.2) is 14.8 Å². The second-order valence-electron chi connectivity index (χ2n) is 6.31. The van der Waals surface area contributed by atoms with Crippen LogP contribution in [0.3, 0.4) is 0 Å². The van der Waals surface area contributed by atoms with E-state index in [4.69, 9.17) is 14.7 Å². The molecule has 138 valence electrons. The molecule has 1 aromatic heterocycles. The topological polar surface area (TPSA) is 64.1 Å². The molecular formula is C23H19N3O2. The highest BCUT2D eigenvalue weighted by molar-refractivity contribution is 5.95. The molecule has 5 nitrogen and oxygen atoms in total. The molecule has 3 aromatic carbocycles. The summed E-state index contributed by atoms with van der Waals surface area (Å²) in [6.07, 6.45) is 0. The molecule has 0 unspecified atom stereocenters. The Morgan fingerprint density at radius 1 is 0.821 bits per heavy atom. The van der Waals surface area contributed by atoms with Gasteiger partial charge in [-0.15, -0.1) is 0 Å². The molecule has 0 aliphatic rings. The Bertz CT molecular complexity index is 1140. The van der Waals surface area contributed by atoms with Crippen LogP contribution in [-0.2, 0) is 4.74 Å². The zero-order valence-electron chi connectivity index (χ0n) is 15.6. The number of hydrogen-bond acceptors (Lipinski definition) is 5. The van der Waals surface area contributed by atoms with Gasteiger partial charge in [0.15, 0.2) is 0 Å². The van der Waals surface area contributed by atoms with Gasteiger partial charge in [-0.05, 0) is 30.3 Å². The predicted octanol–water partition coefficient (Wildman–Crippen LogP) is 4.79. The fourth-order valence-electron chi connectivity index (χ4n) is 3.09. The molecule has 4 rings (SSSR count). The number of methoxy groups -OCH3 is 1. The van der Waals surface area contributed by atoms with Gasteiger partial charge in [0.1, 0.15) is 0 Å². The number of aromatic nitrogens is 2. The van der Waals surface area contributed by atoms with Gasteiger partial charge in [0.2, 0.25) is 0 Å². The van der Waals surface area contributed by atoms with Gasteiger partial charge < -0.3 is 10.1 Å². The summed E-state index contributed by atoms with van der Waals surface area (Å²) in [4.78, 5) is 21.6. The van der Waals surface area contributed by atoms with Crippen LogP contribution < -0.4 is 5.32 Å². The summed E-state index contributed by atoms with van der Waals surface area (Å²) in [6, 6.07) is 23.2. The minimum absolute atomic E-state index is 0.393. The molecule has 28 heavy (non-hydrogen) atoms. The first-order valence-electron chi connectivity index (χ1n) is 8.93. The van der Waals surface area contributed by atoms with Crippen LogP contribution in [0, 0.1) is 0 Å². The van der Waals surface area contributed by atoms with Crippen LogP contribution >= 0.6 is 0 Å². The monoisotopic (exact) mass is 369 g/mol. The maximum absolute atomic E-state index is 11.9. The third kappa shape index (κ3) is 3.30. The van der Waals surface area contributed by atoms with Crippen LogP contribution in [0.5, 0.6) is 0 Å². The maximum Gasteiger partial charge on any atom is 0.337 e. The predicted molar refractivity (Wildman–Crippen MR) is 111 cm³/mol. The number of fused-ring (bicyclic) bond motifs is 1. The minimum atomic E-state index is -0.393. The van der Waals surface area contributed by atoms with Crippen LogP contribution in [0.15, 0.2) is 72.8 Å². The Hall–Kier alpha value is -3.73. The van der Waals surface area contributed by atoms with Crippen LogP contribution in [0.25, 0.3) is 33.5 Å². The molecule has 1 heterocycles. The standard InChI is InChI=1S/C23H19N3O2/c1-24-18-11-8-16(9-12-18)22-21(15-6-4-3-5-7-15)25-19-13-10-17(23(27)28-2)14-20(19)26-22/h3-14,24H,1-2H3. The molecule has 1 N–H and O–H groups in total. The van der Waals surface area contributed by atoms with Gasteiger partial charge in [-0.3, -0.25) is 0 Å². The lowest BCUT2D eigenvalue weighted by Crippen LogP contribution is -2.02. The first kappa shape index (κ1) is 17.7. The summed E-state index contributed by atoms with van der Waals surface area (Å²) >= 11 is 0. The summed E-state index contributed by atoms with van der Waals surface area (Å²) in [5.41, 5.74) is 6.36. The molecule has 0 fully saturated rings. The largest absolute Gasteiger partial charge is 0.465 e. The van der Waals surface area contributed by atoms with E-state index < -0.39 is 5.97 Å². The van der Waals surface area contributed by atoms with Crippen molar-refractivity contribution in [3.05, 3.63) is 78.4 Å². The Labute approximate surface area is 163 Å². The number of rotatable bonds is 4. The lowest BCUT2D eigenvalue weighted by atomic mass is 10.0. The summed E-state index contributed by atoms with van der Waals surface area (Å²) in [5, 5.41) is 3.12. The average Bonchev–Trinajstić information content (AvgIpc) is 2.78. The highest BCUT2D eigenvalue weighted by atomic mass is 16.5. The van der Waals surface area contributed by atoms with Crippen molar-refractivity contribution < 1.29 is 9.53 Å². The summed E-state index contributed by atoms with van der Waals surface area (Å²) in [5.74, 6) is -0.393. The van der Waals surface area contributed by atoms with E-state index in [-0.39, 0.29) is 0 Å². The number of carbonyl (C=O) groups excluding carboxylic acids is 1. The summed E-state index contributed by atoms with van der Waals surface area (Å²) in [6.45, 7) is 0. The minimum Gasteiger partial charge on any atom is -0.465 e. The fraction of sp³-hybridized carbons (Fsp3) is 0.0870. The number of esters is 1. The first-order chi connectivity index (χ1) is 13.7.